The first-order chi connectivity index (χ1) is 36.8. The summed E-state index contributed by atoms with van der Waals surface area (Å²) >= 11 is 0. The third-order valence-corrected chi connectivity index (χ3v) is 14.6. The van der Waals surface area contributed by atoms with Gasteiger partial charge in [-0.05, 0) is 94.5 Å². The van der Waals surface area contributed by atoms with E-state index in [2.05, 4.69) is 46.8 Å². The quantitative estimate of drug-likeness (QED) is 0.0424. The summed E-state index contributed by atoms with van der Waals surface area (Å²) in [5.41, 5.74) is -0.629. The molecule has 7 rings (SSSR count). The number of fused-ring (bicyclic) bond motifs is 2. The molecule has 3 fully saturated rings. The van der Waals surface area contributed by atoms with E-state index in [1.54, 1.807) is 54.7 Å². The molecule has 2 aromatic heterocycles. The van der Waals surface area contributed by atoms with E-state index in [0.717, 1.165) is 70.4 Å². The molecule has 3 unspecified atom stereocenters. The number of methoxy groups -OCH3 is 2. The van der Waals surface area contributed by atoms with Gasteiger partial charge in [0.1, 0.15) is 23.7 Å². The maximum absolute atomic E-state index is 14.6. The minimum absolute atomic E-state index is 0.303. The van der Waals surface area contributed by atoms with Crippen LogP contribution in [-0.2, 0) is 36.8 Å². The number of ether oxygens (including phenoxy) is 3. The van der Waals surface area contributed by atoms with Gasteiger partial charge in [0.2, 0.25) is 5.91 Å². The minimum Gasteiger partial charge on any atom is -0.453 e. The molecule has 0 aliphatic carbocycles. The third-order valence-electron chi connectivity index (χ3n) is 14.6. The highest BCUT2D eigenvalue weighted by Gasteiger charge is 2.57. The van der Waals surface area contributed by atoms with Crippen LogP contribution in [0.15, 0.2) is 85.2 Å². The standard InChI is InChI=1S/C54H62F7N9O8/c1-51(2,53(56,57)58)45(65-49(74)76-5)47(72)64-42(23-33-10-7-32(8-11-33)9-12-34-15-22-44(63-24-34)68-27-38-19-20-39(28-68)70(38)40-30-78-31-40)43(71)29-69(26-35-13-16-36(17-14-35)41-21-18-37(55)25-62-41)67-48(73)46(66-50(75)77-6)52(3,4)54(59,60)61/h7-8,10-11,13-18,21-22,24-25,38-40,42-43,45-46,71H,19-20,23,26-31H2,1-6H3,(H,64,72)(H,65,74)(H,66,75)(H,67,73)/t38?,39?,42-,43-,45?,46+/m0/s1. The lowest BCUT2D eigenvalue weighted by Crippen LogP contribution is -2.63. The maximum atomic E-state index is 14.6. The Morgan fingerprint density at radius 2 is 1.27 bits per heavy atom. The number of alkyl halides is 6. The first-order valence-corrected chi connectivity index (χ1v) is 25.0. The van der Waals surface area contributed by atoms with Crippen molar-refractivity contribution in [3.05, 3.63) is 113 Å². The number of rotatable bonds is 18. The van der Waals surface area contributed by atoms with Crippen LogP contribution in [0.2, 0.25) is 0 Å². The van der Waals surface area contributed by atoms with Crippen LogP contribution >= 0.6 is 0 Å². The molecule has 5 N–H and O–H groups in total. The molecule has 78 heavy (non-hydrogen) atoms. The Balaban J connectivity index is 1.15. The van der Waals surface area contributed by atoms with Gasteiger partial charge in [0.05, 0.1) is 68.3 Å². The van der Waals surface area contributed by atoms with Gasteiger partial charge in [0.15, 0.2) is 0 Å². The molecular formula is C54H62F7N9O8. The summed E-state index contributed by atoms with van der Waals surface area (Å²) in [6.45, 7) is 4.90. The molecule has 2 aromatic carbocycles. The summed E-state index contributed by atoms with van der Waals surface area (Å²) in [6, 6.07) is 14.3. The Kier molecular flexibility index (Phi) is 18.3. The van der Waals surface area contributed by atoms with Crippen LogP contribution in [0, 0.1) is 28.5 Å². The average Bonchev–Trinajstić information content (AvgIpc) is 3.83. The number of aliphatic hydroxyl groups is 1. The molecule has 6 atom stereocenters. The van der Waals surface area contributed by atoms with Gasteiger partial charge < -0.3 is 40.2 Å². The van der Waals surface area contributed by atoms with Gasteiger partial charge in [-0.15, -0.1) is 0 Å². The summed E-state index contributed by atoms with van der Waals surface area (Å²) in [6.07, 6.45) is -10.1. The first-order valence-electron chi connectivity index (χ1n) is 25.0. The Bertz CT molecular complexity index is 2780. The summed E-state index contributed by atoms with van der Waals surface area (Å²) in [7, 11) is 1.76. The largest absolute Gasteiger partial charge is 0.453 e. The van der Waals surface area contributed by atoms with Crippen LogP contribution in [0.5, 0.6) is 0 Å². The number of hydrogen-bond acceptors (Lipinski definition) is 13. The van der Waals surface area contributed by atoms with Crippen molar-refractivity contribution in [2.24, 2.45) is 10.8 Å². The maximum Gasteiger partial charge on any atom is 0.407 e. The van der Waals surface area contributed by atoms with E-state index in [-0.39, 0.29) is 13.0 Å². The molecule has 2 bridgehead atoms. The zero-order valence-electron chi connectivity index (χ0n) is 43.7. The van der Waals surface area contributed by atoms with E-state index in [1.807, 2.05) is 22.8 Å². The van der Waals surface area contributed by atoms with E-state index >= 15 is 0 Å². The number of hydrogen-bond donors (Lipinski definition) is 5. The fourth-order valence-corrected chi connectivity index (χ4v) is 9.53. The molecule has 3 aliphatic rings. The van der Waals surface area contributed by atoms with Gasteiger partial charge >= 0.3 is 24.5 Å². The Labute approximate surface area is 446 Å². The zero-order valence-corrected chi connectivity index (χ0v) is 43.7. The predicted molar refractivity (Wildman–Crippen MR) is 270 cm³/mol. The van der Waals surface area contributed by atoms with E-state index < -0.39 is 83.8 Å². The number of anilines is 1. The van der Waals surface area contributed by atoms with Crippen LogP contribution < -0.4 is 26.3 Å². The van der Waals surface area contributed by atoms with Crippen LogP contribution in [0.1, 0.15) is 62.8 Å². The van der Waals surface area contributed by atoms with Crippen molar-refractivity contribution in [3.63, 3.8) is 0 Å². The van der Waals surface area contributed by atoms with E-state index in [1.165, 1.54) is 12.1 Å². The second-order valence-corrected chi connectivity index (χ2v) is 20.7. The van der Waals surface area contributed by atoms with E-state index in [9.17, 15) is 55.0 Å². The van der Waals surface area contributed by atoms with Crippen LogP contribution in [0.4, 0.5) is 46.1 Å². The molecule has 0 saturated carbocycles. The highest BCUT2D eigenvalue weighted by molar-refractivity contribution is 5.87. The number of aliphatic hydroxyl groups excluding tert-OH is 1. The number of piperazine rings is 1. The van der Waals surface area contributed by atoms with Crippen molar-refractivity contribution >= 4 is 29.8 Å². The Hall–Kier alpha value is -7.07. The molecular weight excluding hydrogens is 1040 g/mol. The number of carbonyl (C=O) groups is 4. The number of alkyl carbamates (subject to hydrolysis) is 2. The number of benzene rings is 2. The summed E-state index contributed by atoms with van der Waals surface area (Å²) in [5, 5.41) is 19.4. The summed E-state index contributed by atoms with van der Waals surface area (Å²) in [5.74, 6) is 3.63. The van der Waals surface area contributed by atoms with Crippen LogP contribution in [0.3, 0.4) is 0 Å². The number of halogens is 7. The minimum atomic E-state index is -5.08. The van der Waals surface area contributed by atoms with Gasteiger partial charge in [-0.2, -0.15) is 26.3 Å². The smallest absolute Gasteiger partial charge is 0.407 e. The summed E-state index contributed by atoms with van der Waals surface area (Å²) in [4.78, 5) is 66.6. The molecule has 17 nitrogen and oxygen atoms in total. The monoisotopic (exact) mass is 1100 g/mol. The fraction of sp³-hybridized carbons (Fsp3) is 0.481. The van der Waals surface area contributed by atoms with Crippen LogP contribution in [0.25, 0.3) is 11.3 Å². The Morgan fingerprint density at radius 1 is 0.718 bits per heavy atom. The molecule has 24 heteroatoms. The molecule has 4 amide bonds. The van der Waals surface area contributed by atoms with Gasteiger partial charge in [-0.3, -0.25) is 24.9 Å². The van der Waals surface area contributed by atoms with Crippen molar-refractivity contribution in [1.29, 1.82) is 0 Å². The number of carbonyl (C=O) groups excluding carboxylic acids is 4. The zero-order chi connectivity index (χ0) is 56.7. The number of nitrogens with zero attached hydrogens (tertiary/aromatic N) is 5. The highest BCUT2D eigenvalue weighted by atomic mass is 19.4. The van der Waals surface area contributed by atoms with Crippen molar-refractivity contribution in [2.75, 3.05) is 52.0 Å². The molecule has 3 saturated heterocycles. The number of aromatic nitrogens is 2. The fourth-order valence-electron chi connectivity index (χ4n) is 9.53. The highest BCUT2D eigenvalue weighted by Crippen LogP contribution is 2.42. The predicted octanol–water partition coefficient (Wildman–Crippen LogP) is 6.28. The van der Waals surface area contributed by atoms with Gasteiger partial charge in [0, 0.05) is 61.1 Å². The van der Waals surface area contributed by atoms with Gasteiger partial charge in [-0.25, -0.2) is 24.0 Å². The lowest BCUT2D eigenvalue weighted by Gasteiger charge is -2.47. The number of nitrogens with one attached hydrogen (secondary N) is 4. The van der Waals surface area contributed by atoms with Crippen molar-refractivity contribution in [2.45, 2.75) is 108 Å². The van der Waals surface area contributed by atoms with E-state index in [0.29, 0.717) is 79.3 Å². The SMILES string of the molecule is COC(=O)NC(C(=O)N[C@@H](Cc1ccc(C#Cc2ccc(N3CC4CCC(C3)N4C3COC3)nc2)cc1)[C@@H](O)CN(Cc1ccc(-c2ccc(F)cn2)cc1)NC(=O)[C@@H](NC(=O)OC)C(C)(C)C(F)(F)F)C(C)(C)C(F)(F)F. The van der Waals surface area contributed by atoms with E-state index in [4.69, 9.17) is 9.72 Å². The number of hydrazine groups is 1. The normalized spacial score (nSPS) is 18.6. The number of pyridine rings is 2. The summed E-state index contributed by atoms with van der Waals surface area (Å²) < 4.78 is 115. The Morgan fingerprint density at radius 3 is 1.77 bits per heavy atom. The third kappa shape index (κ3) is 14.0. The van der Waals surface area contributed by atoms with Crippen molar-refractivity contribution in [1.82, 2.24) is 41.3 Å². The second kappa shape index (κ2) is 24.3. The second-order valence-electron chi connectivity index (χ2n) is 20.7. The van der Waals surface area contributed by atoms with Crippen LogP contribution in [-0.4, -0.2) is 151 Å². The molecule has 0 radical (unpaired) electrons. The molecule has 4 aromatic rings. The molecule has 0 spiro atoms. The lowest BCUT2D eigenvalue weighted by molar-refractivity contribution is -0.221. The van der Waals surface area contributed by atoms with Crippen molar-refractivity contribution in [3.8, 4) is 23.1 Å². The number of amides is 4. The van der Waals surface area contributed by atoms with Gasteiger partial charge in [0.25, 0.3) is 5.91 Å². The average molecular weight is 1100 g/mol. The lowest BCUT2D eigenvalue weighted by atomic mass is 9.82. The van der Waals surface area contributed by atoms with Crippen molar-refractivity contribution < 1.29 is 69.2 Å². The first kappa shape index (κ1) is 58.6. The van der Waals surface area contributed by atoms with Gasteiger partial charge in [-0.1, -0.05) is 48.2 Å². The topological polar surface area (TPSA) is 200 Å². The molecule has 420 valence electrons. The molecule has 3 aliphatic heterocycles. The molecule has 5 heterocycles.